The first-order chi connectivity index (χ1) is 8.06. The van der Waals surface area contributed by atoms with E-state index in [4.69, 9.17) is 4.74 Å². The second-order valence-electron chi connectivity index (χ2n) is 4.12. The lowest BCUT2D eigenvalue weighted by atomic mass is 10.3. The normalized spacial score (nSPS) is 16.4. The molecule has 17 heavy (non-hydrogen) atoms. The van der Waals surface area contributed by atoms with Crippen molar-refractivity contribution in [3.63, 3.8) is 0 Å². The van der Waals surface area contributed by atoms with Crippen LogP contribution in [0, 0.1) is 11.6 Å². The van der Waals surface area contributed by atoms with Crippen LogP contribution < -0.4 is 10.1 Å². The highest BCUT2D eigenvalue weighted by Crippen LogP contribution is 2.20. The summed E-state index contributed by atoms with van der Waals surface area (Å²) in [5, 5.41) is 2.77. The van der Waals surface area contributed by atoms with Gasteiger partial charge in [-0.25, -0.2) is 8.78 Å². The highest BCUT2D eigenvalue weighted by atomic mass is 19.2. The SMILES string of the molecule is C[C@H](Oc1ccc(F)c(F)c1)C(=O)NC1CC1. The fourth-order valence-electron chi connectivity index (χ4n) is 1.35. The van der Waals surface area contributed by atoms with Crippen molar-refractivity contribution in [2.24, 2.45) is 0 Å². The average Bonchev–Trinajstić information content (AvgIpc) is 3.07. The summed E-state index contributed by atoms with van der Waals surface area (Å²) in [7, 11) is 0. The molecule has 92 valence electrons. The summed E-state index contributed by atoms with van der Waals surface area (Å²) in [4.78, 5) is 11.5. The van der Waals surface area contributed by atoms with Crippen molar-refractivity contribution in [2.75, 3.05) is 0 Å². The van der Waals surface area contributed by atoms with E-state index in [1.54, 1.807) is 6.92 Å². The highest BCUT2D eigenvalue weighted by molar-refractivity contribution is 5.81. The highest BCUT2D eigenvalue weighted by Gasteiger charge is 2.26. The van der Waals surface area contributed by atoms with Crippen molar-refractivity contribution in [1.29, 1.82) is 0 Å². The van der Waals surface area contributed by atoms with E-state index in [9.17, 15) is 13.6 Å². The Kier molecular flexibility index (Phi) is 3.26. The molecule has 0 heterocycles. The third kappa shape index (κ3) is 3.15. The largest absolute Gasteiger partial charge is 0.481 e. The molecule has 0 aromatic heterocycles. The van der Waals surface area contributed by atoms with Crippen molar-refractivity contribution in [1.82, 2.24) is 5.32 Å². The summed E-state index contributed by atoms with van der Waals surface area (Å²) >= 11 is 0. The predicted molar refractivity (Wildman–Crippen MR) is 57.6 cm³/mol. The number of rotatable bonds is 4. The van der Waals surface area contributed by atoms with Crippen LogP contribution in [0.5, 0.6) is 5.75 Å². The number of carbonyl (C=O) groups excluding carboxylic acids is 1. The average molecular weight is 241 g/mol. The molecule has 1 saturated carbocycles. The van der Waals surface area contributed by atoms with Gasteiger partial charge in [0, 0.05) is 12.1 Å². The standard InChI is InChI=1S/C12H13F2NO2/c1-7(12(16)15-8-2-3-8)17-9-4-5-10(13)11(14)6-9/h4-8H,2-3H2,1H3,(H,15,16)/t7-/m0/s1. The second-order valence-corrected chi connectivity index (χ2v) is 4.12. The number of ether oxygens (including phenoxy) is 1. The van der Waals surface area contributed by atoms with Crippen LogP contribution in [-0.4, -0.2) is 18.1 Å². The maximum absolute atomic E-state index is 12.9. The van der Waals surface area contributed by atoms with Gasteiger partial charge in [-0.15, -0.1) is 0 Å². The number of hydrogen-bond acceptors (Lipinski definition) is 2. The number of nitrogens with one attached hydrogen (secondary N) is 1. The zero-order valence-corrected chi connectivity index (χ0v) is 9.37. The molecule has 3 nitrogen and oxygen atoms in total. The van der Waals surface area contributed by atoms with Gasteiger partial charge in [-0.3, -0.25) is 4.79 Å². The maximum atomic E-state index is 12.9. The molecule has 2 rings (SSSR count). The van der Waals surface area contributed by atoms with Crippen LogP contribution in [0.3, 0.4) is 0 Å². The summed E-state index contributed by atoms with van der Waals surface area (Å²) in [6.07, 6.45) is 1.26. The van der Waals surface area contributed by atoms with Gasteiger partial charge in [-0.1, -0.05) is 0 Å². The summed E-state index contributed by atoms with van der Waals surface area (Å²) < 4.78 is 30.8. The molecule has 0 aliphatic heterocycles. The first-order valence-electron chi connectivity index (χ1n) is 5.48. The Bertz CT molecular complexity index is 433. The van der Waals surface area contributed by atoms with Crippen LogP contribution in [0.2, 0.25) is 0 Å². The molecule has 0 saturated heterocycles. The third-order valence-corrected chi connectivity index (χ3v) is 2.50. The minimum atomic E-state index is -0.989. The van der Waals surface area contributed by atoms with E-state index < -0.39 is 17.7 Å². The molecule has 0 spiro atoms. The Balaban J connectivity index is 1.94. The molecular weight excluding hydrogens is 228 g/mol. The molecule has 1 aromatic carbocycles. The number of amides is 1. The molecule has 1 N–H and O–H groups in total. The Morgan fingerprint density at radius 1 is 1.41 bits per heavy atom. The first kappa shape index (κ1) is 11.8. The van der Waals surface area contributed by atoms with E-state index >= 15 is 0 Å². The van der Waals surface area contributed by atoms with Gasteiger partial charge in [0.2, 0.25) is 0 Å². The second kappa shape index (κ2) is 4.69. The van der Waals surface area contributed by atoms with Crippen LogP contribution in [0.1, 0.15) is 19.8 Å². The summed E-state index contributed by atoms with van der Waals surface area (Å²) in [5.41, 5.74) is 0. The van der Waals surface area contributed by atoms with E-state index in [-0.39, 0.29) is 17.7 Å². The van der Waals surface area contributed by atoms with Crippen LogP contribution in [0.4, 0.5) is 8.78 Å². The fraction of sp³-hybridized carbons (Fsp3) is 0.417. The molecule has 1 aromatic rings. The molecule has 0 unspecified atom stereocenters. The van der Waals surface area contributed by atoms with Crippen molar-refractivity contribution in [3.8, 4) is 5.75 Å². The quantitative estimate of drug-likeness (QED) is 0.875. The summed E-state index contributed by atoms with van der Waals surface area (Å²) in [6, 6.07) is 3.43. The monoisotopic (exact) mass is 241 g/mol. The van der Waals surface area contributed by atoms with Gasteiger partial charge < -0.3 is 10.1 Å². The number of benzene rings is 1. The van der Waals surface area contributed by atoms with Crippen LogP contribution in [-0.2, 0) is 4.79 Å². The van der Waals surface area contributed by atoms with E-state index in [2.05, 4.69) is 5.32 Å². The molecule has 1 aliphatic rings. The molecular formula is C12H13F2NO2. The van der Waals surface area contributed by atoms with E-state index in [0.29, 0.717) is 0 Å². The zero-order valence-electron chi connectivity index (χ0n) is 9.37. The summed E-state index contributed by atoms with van der Waals surface area (Å²) in [6.45, 7) is 1.57. The molecule has 1 amide bonds. The number of hydrogen-bond donors (Lipinski definition) is 1. The Morgan fingerprint density at radius 3 is 2.71 bits per heavy atom. The lowest BCUT2D eigenvalue weighted by Crippen LogP contribution is -2.37. The first-order valence-corrected chi connectivity index (χ1v) is 5.48. The van der Waals surface area contributed by atoms with E-state index in [1.807, 2.05) is 0 Å². The van der Waals surface area contributed by atoms with E-state index in [0.717, 1.165) is 25.0 Å². The van der Waals surface area contributed by atoms with Gasteiger partial charge in [0.25, 0.3) is 5.91 Å². The molecule has 1 atom stereocenters. The Morgan fingerprint density at radius 2 is 2.12 bits per heavy atom. The molecule has 1 aliphatic carbocycles. The number of carbonyl (C=O) groups is 1. The lowest BCUT2D eigenvalue weighted by Gasteiger charge is -2.14. The molecule has 0 radical (unpaired) electrons. The number of halogens is 2. The smallest absolute Gasteiger partial charge is 0.260 e. The van der Waals surface area contributed by atoms with E-state index in [1.165, 1.54) is 6.07 Å². The maximum Gasteiger partial charge on any atom is 0.260 e. The van der Waals surface area contributed by atoms with Gasteiger partial charge in [0.15, 0.2) is 17.7 Å². The van der Waals surface area contributed by atoms with Crippen LogP contribution in [0.15, 0.2) is 18.2 Å². The van der Waals surface area contributed by atoms with Gasteiger partial charge in [0.05, 0.1) is 0 Å². The lowest BCUT2D eigenvalue weighted by molar-refractivity contribution is -0.127. The Hall–Kier alpha value is -1.65. The van der Waals surface area contributed by atoms with Gasteiger partial charge in [-0.2, -0.15) is 0 Å². The topological polar surface area (TPSA) is 38.3 Å². The minimum absolute atomic E-state index is 0.141. The van der Waals surface area contributed by atoms with Gasteiger partial charge in [-0.05, 0) is 31.9 Å². The molecule has 1 fully saturated rings. The third-order valence-electron chi connectivity index (χ3n) is 2.50. The molecule has 0 bridgehead atoms. The van der Waals surface area contributed by atoms with Crippen molar-refractivity contribution >= 4 is 5.91 Å². The predicted octanol–water partition coefficient (Wildman–Crippen LogP) is 2.01. The fourth-order valence-corrected chi connectivity index (χ4v) is 1.35. The van der Waals surface area contributed by atoms with Gasteiger partial charge in [0.1, 0.15) is 5.75 Å². The van der Waals surface area contributed by atoms with Crippen LogP contribution >= 0.6 is 0 Å². The zero-order chi connectivity index (χ0) is 12.4. The van der Waals surface area contributed by atoms with Crippen molar-refractivity contribution in [3.05, 3.63) is 29.8 Å². The van der Waals surface area contributed by atoms with Gasteiger partial charge >= 0.3 is 0 Å². The minimum Gasteiger partial charge on any atom is -0.481 e. The molecule has 5 heteroatoms. The van der Waals surface area contributed by atoms with Crippen molar-refractivity contribution in [2.45, 2.75) is 31.9 Å². The van der Waals surface area contributed by atoms with Crippen molar-refractivity contribution < 1.29 is 18.3 Å². The Labute approximate surface area is 97.8 Å². The van der Waals surface area contributed by atoms with Crippen LogP contribution in [0.25, 0.3) is 0 Å². The summed E-state index contributed by atoms with van der Waals surface area (Å²) in [5.74, 6) is -2.02.